The minimum Gasteiger partial charge on any atom is -0.0619 e. The lowest BCUT2D eigenvalue weighted by atomic mass is 9.80. The van der Waals surface area contributed by atoms with E-state index in [1.54, 1.807) is 0 Å². The van der Waals surface area contributed by atoms with Gasteiger partial charge < -0.3 is 0 Å². The average Bonchev–Trinajstić information content (AvgIpc) is 1.15. The molecule has 114 heavy (non-hydrogen) atoms. The van der Waals surface area contributed by atoms with Gasteiger partial charge in [0.05, 0.1) is 0 Å². The van der Waals surface area contributed by atoms with Gasteiger partial charge in [0.15, 0.2) is 0 Å². The fourth-order valence-corrected chi connectivity index (χ4v) is 19.8. The van der Waals surface area contributed by atoms with Gasteiger partial charge in [0.2, 0.25) is 0 Å². The van der Waals surface area contributed by atoms with Crippen molar-refractivity contribution in [2.45, 2.75) is 38.5 Å². The minimum atomic E-state index is -0.0949. The maximum atomic E-state index is 2.49. The van der Waals surface area contributed by atoms with Crippen molar-refractivity contribution in [3.63, 3.8) is 0 Å². The molecule has 0 spiro atoms. The van der Waals surface area contributed by atoms with Crippen molar-refractivity contribution < 1.29 is 0 Å². The molecular weight excluding hydrogens is 1370 g/mol. The van der Waals surface area contributed by atoms with Gasteiger partial charge in [-0.05, 0) is 285 Å². The molecule has 21 aromatic carbocycles. The molecule has 534 valence electrons. The van der Waals surface area contributed by atoms with Gasteiger partial charge in [-0.1, -0.05) is 373 Å². The van der Waals surface area contributed by atoms with Gasteiger partial charge >= 0.3 is 0 Å². The van der Waals surface area contributed by atoms with Gasteiger partial charge in [0.25, 0.3) is 0 Å². The molecule has 0 aliphatic heterocycles. The van der Waals surface area contributed by atoms with Crippen LogP contribution in [0.3, 0.4) is 0 Å². The van der Waals surface area contributed by atoms with E-state index < -0.39 is 0 Å². The molecule has 0 fully saturated rings. The van der Waals surface area contributed by atoms with E-state index in [0.717, 1.165) is 0 Å². The Morgan fingerprint density at radius 1 is 0.132 bits per heavy atom. The first kappa shape index (κ1) is 66.9. The minimum absolute atomic E-state index is 0.0915. The molecule has 0 N–H and O–H groups in total. The Balaban J connectivity index is 0.000000139. The first-order chi connectivity index (χ1) is 56.0. The van der Waals surface area contributed by atoms with E-state index in [2.05, 4.69) is 428 Å². The Morgan fingerprint density at radius 2 is 0.395 bits per heavy atom. The van der Waals surface area contributed by atoms with Crippen LogP contribution in [0.4, 0.5) is 0 Å². The Morgan fingerprint density at radius 3 is 0.877 bits per heavy atom. The van der Waals surface area contributed by atoms with Crippen LogP contribution in [0.25, 0.3) is 208 Å². The Hall–Kier alpha value is -14.0. The van der Waals surface area contributed by atoms with Crippen molar-refractivity contribution >= 4 is 97.0 Å². The third kappa shape index (κ3) is 10.8. The summed E-state index contributed by atoms with van der Waals surface area (Å²) >= 11 is 0. The molecule has 0 aromatic heterocycles. The monoisotopic (exact) mass is 1450 g/mol. The molecule has 21 aromatic rings. The predicted molar refractivity (Wildman–Crippen MR) is 489 cm³/mol. The zero-order chi connectivity index (χ0) is 75.9. The van der Waals surface area contributed by atoms with Crippen molar-refractivity contribution in [1.82, 2.24) is 0 Å². The molecule has 0 heteroatoms. The second kappa shape index (κ2) is 26.3. The van der Waals surface area contributed by atoms with Crippen LogP contribution in [0.1, 0.15) is 49.9 Å². The molecule has 2 aliphatic carbocycles. The molecule has 2 aliphatic rings. The van der Waals surface area contributed by atoms with Crippen molar-refractivity contribution in [1.29, 1.82) is 0 Å². The van der Waals surface area contributed by atoms with E-state index in [9.17, 15) is 0 Å². The molecular formula is C114H78. The van der Waals surface area contributed by atoms with Crippen molar-refractivity contribution in [3.8, 4) is 111 Å². The van der Waals surface area contributed by atoms with E-state index in [1.165, 1.54) is 230 Å². The van der Waals surface area contributed by atoms with Crippen LogP contribution < -0.4 is 0 Å². The van der Waals surface area contributed by atoms with E-state index >= 15 is 0 Å². The van der Waals surface area contributed by atoms with Crippen molar-refractivity contribution in [3.05, 3.63) is 423 Å². The normalized spacial score (nSPS) is 13.1. The molecule has 0 unspecified atom stereocenters. The lowest BCUT2D eigenvalue weighted by molar-refractivity contribution is 0.660. The van der Waals surface area contributed by atoms with E-state index in [4.69, 9.17) is 0 Å². The number of hydrogen-bond acceptors (Lipinski definition) is 0. The van der Waals surface area contributed by atoms with Crippen LogP contribution in [-0.2, 0) is 10.8 Å². The van der Waals surface area contributed by atoms with Crippen molar-refractivity contribution in [2.24, 2.45) is 0 Å². The van der Waals surface area contributed by atoms with Gasteiger partial charge in [-0.2, -0.15) is 0 Å². The molecule has 0 saturated carbocycles. The first-order valence-corrected chi connectivity index (χ1v) is 40.1. The lowest BCUT2D eigenvalue weighted by Gasteiger charge is -2.23. The smallest absolute Gasteiger partial charge is 0.0159 e. The van der Waals surface area contributed by atoms with E-state index in [1.807, 2.05) is 0 Å². The van der Waals surface area contributed by atoms with Crippen LogP contribution in [-0.4, -0.2) is 0 Å². The number of fused-ring (bicyclic) bond motifs is 15. The largest absolute Gasteiger partial charge is 0.0619 e. The maximum Gasteiger partial charge on any atom is 0.0159 e. The zero-order valence-electron chi connectivity index (χ0n) is 64.1. The summed E-state index contributed by atoms with van der Waals surface area (Å²) in [6.07, 6.45) is 0. The summed E-state index contributed by atoms with van der Waals surface area (Å²) < 4.78 is 0. The quantitative estimate of drug-likeness (QED) is 0.133. The number of benzene rings is 21. The Kier molecular flexibility index (Phi) is 15.4. The van der Waals surface area contributed by atoms with Gasteiger partial charge in [0.1, 0.15) is 0 Å². The third-order valence-electron chi connectivity index (χ3n) is 25.4. The predicted octanol–water partition coefficient (Wildman–Crippen LogP) is 31.7. The van der Waals surface area contributed by atoms with Crippen LogP contribution in [0, 0.1) is 0 Å². The van der Waals surface area contributed by atoms with Crippen LogP contribution in [0.2, 0.25) is 0 Å². The summed E-state index contributed by atoms with van der Waals surface area (Å²) in [5.41, 5.74) is 30.8. The summed E-state index contributed by atoms with van der Waals surface area (Å²) in [6.45, 7) is 9.51. The SMILES string of the molecule is CC1(C)c2ccccc2-c2ccc(-c3c4ccccc4c(-c4ccc5cc(-c6cccc7ccccc67)ccc5c4)c4ccc(-c5ccc6ccccc6c5)cc34)cc21.CC1(C)c2ccccc2-c2ccc(-c3c4ccccc4c(-c4cccc(-c5cccc6ccccc56)c4)c4ccc(-c5ccc6ccccc6c5)cc34)cc21. The van der Waals surface area contributed by atoms with Crippen LogP contribution in [0.15, 0.2) is 400 Å². The summed E-state index contributed by atoms with van der Waals surface area (Å²) in [7, 11) is 0. The molecule has 0 heterocycles. The van der Waals surface area contributed by atoms with Gasteiger partial charge in [-0.3, -0.25) is 0 Å². The molecule has 0 atom stereocenters. The highest BCUT2D eigenvalue weighted by atomic mass is 14.4. The standard InChI is InChI=1S/C59H40.C55H38/c1-59(2)55-21-10-9-17-49(55)50-30-29-46(36-56(50)59)58-52-19-8-7-18-51(52)57(53-31-28-43(35-54(53)58)40-23-22-37-12-3-4-14-39(37)32-40)45-27-25-41-33-44(26-24-42(41)34-45)48-20-11-15-38-13-5-6-16-47(38)48;1-55(2)51-24-10-9-20-45(51)46-29-28-42(34-52(46)55)54-48-22-8-7-21-47(48)53(41-18-11-17-40(32-41)44-23-12-16-36-14-5-6-19-43(36)44)49-30-27-39(33-50(49)54)38-26-25-35-13-3-4-15-37(35)31-38/h3-36H,1-2H3;3-34H,1-2H3. The topological polar surface area (TPSA) is 0 Å². The van der Waals surface area contributed by atoms with E-state index in [0.29, 0.717) is 0 Å². The second-order valence-corrected chi connectivity index (χ2v) is 32.5. The average molecular weight is 1450 g/mol. The fourth-order valence-electron chi connectivity index (χ4n) is 19.8. The first-order valence-electron chi connectivity index (χ1n) is 40.1. The molecule has 0 nitrogen and oxygen atoms in total. The Labute approximate surface area is 664 Å². The van der Waals surface area contributed by atoms with Crippen molar-refractivity contribution in [2.75, 3.05) is 0 Å². The second-order valence-electron chi connectivity index (χ2n) is 32.5. The highest BCUT2D eigenvalue weighted by Gasteiger charge is 2.37. The lowest BCUT2D eigenvalue weighted by Crippen LogP contribution is -2.14. The zero-order valence-corrected chi connectivity index (χ0v) is 64.1. The highest BCUT2D eigenvalue weighted by molar-refractivity contribution is 6.24. The Bertz CT molecular complexity index is 7590. The number of hydrogen-bond donors (Lipinski definition) is 0. The number of rotatable bonds is 8. The molecule has 0 bridgehead atoms. The highest BCUT2D eigenvalue weighted by Crippen LogP contribution is 2.55. The molecule has 0 saturated heterocycles. The summed E-state index contributed by atoms with van der Waals surface area (Å²) in [6, 6.07) is 150. The van der Waals surface area contributed by atoms with Gasteiger partial charge in [0, 0.05) is 10.8 Å². The molecule has 0 amide bonds. The van der Waals surface area contributed by atoms with Crippen LogP contribution in [0.5, 0.6) is 0 Å². The maximum absolute atomic E-state index is 2.49. The van der Waals surface area contributed by atoms with Gasteiger partial charge in [-0.25, -0.2) is 0 Å². The third-order valence-corrected chi connectivity index (χ3v) is 25.4. The van der Waals surface area contributed by atoms with Crippen LogP contribution >= 0.6 is 0 Å². The summed E-state index contributed by atoms with van der Waals surface area (Å²) in [4.78, 5) is 0. The summed E-state index contributed by atoms with van der Waals surface area (Å²) in [5.74, 6) is 0. The summed E-state index contributed by atoms with van der Waals surface area (Å²) in [5, 5.41) is 22.7. The molecule has 23 rings (SSSR count). The molecule has 0 radical (unpaired) electrons. The van der Waals surface area contributed by atoms with Gasteiger partial charge in [-0.15, -0.1) is 0 Å². The fraction of sp³-hybridized carbons (Fsp3) is 0.0526. The van der Waals surface area contributed by atoms with E-state index in [-0.39, 0.29) is 10.8 Å².